The number of Topliss-reactive ketones (excluding diaryl/α,β-unsaturated/α-hetero) is 1. The number of carbonyl (C=O) groups excluding carboxylic acids is 6. The van der Waals surface area contributed by atoms with Crippen molar-refractivity contribution >= 4 is 47.1 Å². The van der Waals surface area contributed by atoms with Crippen molar-refractivity contribution in [2.24, 2.45) is 10.8 Å². The van der Waals surface area contributed by atoms with Gasteiger partial charge in [-0.05, 0) is 52.2 Å². The molecule has 5 amide bonds. The van der Waals surface area contributed by atoms with Gasteiger partial charge >= 0.3 is 0 Å². The fourth-order valence-corrected chi connectivity index (χ4v) is 5.28. The highest BCUT2D eigenvalue weighted by atomic mass is 32.2. The maximum Gasteiger partial charge on any atom is 0.253 e. The molecule has 13 heteroatoms. The summed E-state index contributed by atoms with van der Waals surface area (Å²) in [7, 11) is 0. The standard InChI is InChI=1S/C34H58N4O8S/c1-26(39)14-23-47-22-9-20-45-25-32(2,3)24-37-27(40)10-8-17-36-31(44)33(4,5)16-21-46-34(6,7)15-18-35-28(41)13-19-38-29(42)11-12-30(38)43/h11-12H,8-10,13-25H2,1-7H3,(H,35,41)(H,36,44)(H,37,40). The Kier molecular flexibility index (Phi) is 19.1. The lowest BCUT2D eigenvalue weighted by atomic mass is 9.88. The van der Waals surface area contributed by atoms with Gasteiger partial charge in [-0.3, -0.25) is 33.7 Å². The normalized spacial score (nSPS) is 13.6. The maximum atomic E-state index is 12.8. The first kappa shape index (κ1) is 42.3. The molecule has 0 unspecified atom stereocenters. The Bertz CT molecular complexity index is 1070. The predicted molar refractivity (Wildman–Crippen MR) is 184 cm³/mol. The first-order chi connectivity index (χ1) is 21.9. The van der Waals surface area contributed by atoms with Crippen LogP contribution in [0.25, 0.3) is 0 Å². The summed E-state index contributed by atoms with van der Waals surface area (Å²) >= 11 is 1.76. The lowest BCUT2D eigenvalue weighted by molar-refractivity contribution is -0.137. The first-order valence-electron chi connectivity index (χ1n) is 16.6. The van der Waals surface area contributed by atoms with E-state index in [4.69, 9.17) is 9.47 Å². The highest BCUT2D eigenvalue weighted by molar-refractivity contribution is 7.99. The number of ketones is 1. The molecule has 0 saturated heterocycles. The van der Waals surface area contributed by atoms with Crippen molar-refractivity contribution in [3.63, 3.8) is 0 Å². The summed E-state index contributed by atoms with van der Waals surface area (Å²) in [6.07, 6.45) is 5.85. The van der Waals surface area contributed by atoms with E-state index in [0.717, 1.165) is 22.8 Å². The van der Waals surface area contributed by atoms with Gasteiger partial charge in [0.1, 0.15) is 5.78 Å². The summed E-state index contributed by atoms with van der Waals surface area (Å²) in [5.74, 6) is 0.800. The van der Waals surface area contributed by atoms with Gasteiger partial charge in [0.05, 0.1) is 12.2 Å². The van der Waals surface area contributed by atoms with Crippen molar-refractivity contribution in [2.75, 3.05) is 57.5 Å². The van der Waals surface area contributed by atoms with Gasteiger partial charge in [-0.25, -0.2) is 0 Å². The maximum absolute atomic E-state index is 12.8. The number of carbonyl (C=O) groups is 6. The van der Waals surface area contributed by atoms with E-state index in [-0.39, 0.29) is 41.9 Å². The minimum Gasteiger partial charge on any atom is -0.381 e. The zero-order valence-electron chi connectivity index (χ0n) is 29.6. The molecule has 1 rings (SSSR count). The fraction of sp³-hybridized carbons (Fsp3) is 0.765. The molecular formula is C34H58N4O8S. The zero-order chi connectivity index (χ0) is 35.5. The van der Waals surface area contributed by atoms with Crippen LogP contribution >= 0.6 is 11.8 Å². The molecule has 12 nitrogen and oxygen atoms in total. The van der Waals surface area contributed by atoms with Crippen LogP contribution in [-0.2, 0) is 38.2 Å². The van der Waals surface area contributed by atoms with Crippen LogP contribution in [0.2, 0.25) is 0 Å². The number of hydrogen-bond donors (Lipinski definition) is 3. The molecule has 1 aliphatic rings. The number of nitrogens with zero attached hydrogens (tertiary/aromatic N) is 1. The van der Waals surface area contributed by atoms with E-state index < -0.39 is 22.8 Å². The zero-order valence-corrected chi connectivity index (χ0v) is 30.4. The number of ether oxygens (including phenoxy) is 2. The molecule has 47 heavy (non-hydrogen) atoms. The molecule has 268 valence electrons. The van der Waals surface area contributed by atoms with E-state index in [1.54, 1.807) is 18.7 Å². The Morgan fingerprint density at radius 1 is 0.787 bits per heavy atom. The molecule has 0 bridgehead atoms. The Morgan fingerprint density at radius 3 is 2.11 bits per heavy atom. The van der Waals surface area contributed by atoms with E-state index in [1.165, 1.54) is 12.2 Å². The van der Waals surface area contributed by atoms with E-state index in [9.17, 15) is 28.8 Å². The molecule has 1 heterocycles. The van der Waals surface area contributed by atoms with Crippen molar-refractivity contribution in [2.45, 2.75) is 99.0 Å². The highest BCUT2D eigenvalue weighted by Gasteiger charge is 2.29. The van der Waals surface area contributed by atoms with Crippen LogP contribution in [-0.4, -0.2) is 103 Å². The van der Waals surface area contributed by atoms with Crippen LogP contribution in [0, 0.1) is 10.8 Å². The molecule has 0 atom stereocenters. The predicted octanol–water partition coefficient (Wildman–Crippen LogP) is 3.18. The minimum atomic E-state index is -0.664. The van der Waals surface area contributed by atoms with Gasteiger partial charge < -0.3 is 25.4 Å². The van der Waals surface area contributed by atoms with Crippen LogP contribution in [0.1, 0.15) is 93.4 Å². The smallest absolute Gasteiger partial charge is 0.253 e. The van der Waals surface area contributed by atoms with Crippen molar-refractivity contribution in [3.8, 4) is 0 Å². The summed E-state index contributed by atoms with van der Waals surface area (Å²) in [4.78, 5) is 72.4. The number of thioether (sulfide) groups is 1. The number of amides is 5. The van der Waals surface area contributed by atoms with Gasteiger partial charge in [0.15, 0.2) is 0 Å². The van der Waals surface area contributed by atoms with Crippen LogP contribution in [0.4, 0.5) is 0 Å². The molecular weight excluding hydrogens is 624 g/mol. The summed E-state index contributed by atoms with van der Waals surface area (Å²) in [5, 5.41) is 8.69. The number of rotatable bonds is 26. The van der Waals surface area contributed by atoms with Gasteiger partial charge in [-0.2, -0.15) is 11.8 Å². The number of hydrogen-bond acceptors (Lipinski definition) is 9. The lowest BCUT2D eigenvalue weighted by Crippen LogP contribution is -2.40. The molecule has 0 aromatic rings. The minimum absolute atomic E-state index is 0.0358. The molecule has 0 saturated carbocycles. The van der Waals surface area contributed by atoms with E-state index in [1.807, 2.05) is 41.5 Å². The molecule has 3 N–H and O–H groups in total. The topological polar surface area (TPSA) is 160 Å². The van der Waals surface area contributed by atoms with Gasteiger partial charge in [-0.1, -0.05) is 27.7 Å². The first-order valence-corrected chi connectivity index (χ1v) is 17.7. The van der Waals surface area contributed by atoms with Gasteiger partial charge in [0.25, 0.3) is 11.8 Å². The summed E-state index contributed by atoms with van der Waals surface area (Å²) in [6, 6.07) is 0. The Balaban J connectivity index is 2.16. The van der Waals surface area contributed by atoms with Crippen molar-refractivity contribution in [1.82, 2.24) is 20.9 Å². The van der Waals surface area contributed by atoms with Gasteiger partial charge in [-0.15, -0.1) is 0 Å². The van der Waals surface area contributed by atoms with Crippen molar-refractivity contribution < 1.29 is 38.2 Å². The van der Waals surface area contributed by atoms with Crippen LogP contribution in [0.5, 0.6) is 0 Å². The molecule has 1 aliphatic heterocycles. The summed E-state index contributed by atoms with van der Waals surface area (Å²) in [5.41, 5.74) is -1.39. The third-order valence-electron chi connectivity index (χ3n) is 7.65. The van der Waals surface area contributed by atoms with Crippen molar-refractivity contribution in [1.29, 1.82) is 0 Å². The third kappa shape index (κ3) is 19.6. The molecule has 0 radical (unpaired) electrons. The number of imide groups is 1. The Hall–Kier alpha value is -2.77. The number of nitrogens with one attached hydrogen (secondary N) is 3. The molecule has 0 aromatic carbocycles. The Labute approximate surface area is 285 Å². The molecule has 0 aliphatic carbocycles. The van der Waals surface area contributed by atoms with Gasteiger partial charge in [0.2, 0.25) is 17.7 Å². The molecule has 0 aromatic heterocycles. The van der Waals surface area contributed by atoms with Crippen molar-refractivity contribution in [3.05, 3.63) is 12.2 Å². The van der Waals surface area contributed by atoms with E-state index in [2.05, 4.69) is 16.0 Å². The van der Waals surface area contributed by atoms with E-state index >= 15 is 0 Å². The fourth-order valence-electron chi connectivity index (χ4n) is 4.32. The van der Waals surface area contributed by atoms with Crippen LogP contribution in [0.15, 0.2) is 12.2 Å². The largest absolute Gasteiger partial charge is 0.381 e. The van der Waals surface area contributed by atoms with E-state index in [0.29, 0.717) is 71.6 Å². The average Bonchev–Trinajstić information content (AvgIpc) is 3.30. The average molecular weight is 683 g/mol. The van der Waals surface area contributed by atoms with Gasteiger partial charge in [0, 0.05) is 87.4 Å². The summed E-state index contributed by atoms with van der Waals surface area (Å²) < 4.78 is 11.8. The Morgan fingerprint density at radius 2 is 1.45 bits per heavy atom. The second kappa shape index (κ2) is 21.3. The summed E-state index contributed by atoms with van der Waals surface area (Å²) in [6.45, 7) is 16.1. The monoisotopic (exact) mass is 682 g/mol. The van der Waals surface area contributed by atoms with Crippen LogP contribution in [0.3, 0.4) is 0 Å². The molecule has 0 fully saturated rings. The van der Waals surface area contributed by atoms with Crippen LogP contribution < -0.4 is 16.0 Å². The quantitative estimate of drug-likeness (QED) is 0.0920. The highest BCUT2D eigenvalue weighted by Crippen LogP contribution is 2.23. The second-order valence-electron chi connectivity index (χ2n) is 14.0. The second-order valence-corrected chi connectivity index (χ2v) is 15.2. The molecule has 0 spiro atoms. The SMILES string of the molecule is CC(=O)CCSCCCOCC(C)(C)CNC(=O)CCCNC(=O)C(C)(C)CCOC(C)(C)CCNC(=O)CCN1C(=O)C=CC1=O. The lowest BCUT2D eigenvalue weighted by Gasteiger charge is -2.29. The third-order valence-corrected chi connectivity index (χ3v) is 8.72.